The van der Waals surface area contributed by atoms with Gasteiger partial charge in [0.15, 0.2) is 11.5 Å². The molecule has 1 amide bonds. The molecule has 11 nitrogen and oxygen atoms in total. The summed E-state index contributed by atoms with van der Waals surface area (Å²) < 4.78 is 11.4. The molecule has 0 spiro atoms. The van der Waals surface area contributed by atoms with Crippen LogP contribution in [0.1, 0.15) is 18.2 Å². The molecule has 0 saturated heterocycles. The Morgan fingerprint density at radius 3 is 2.78 bits per heavy atom. The number of carbonyl (C=O) groups is 2. The Labute approximate surface area is 153 Å². The highest BCUT2D eigenvalue weighted by molar-refractivity contribution is 5.88. The maximum atomic E-state index is 12.0. The number of amides is 1. The maximum Gasteiger partial charge on any atom is 0.390 e. The summed E-state index contributed by atoms with van der Waals surface area (Å²) in [5.41, 5.74) is 3.16. The number of nitrogens with zero attached hydrogens (tertiary/aromatic N) is 4. The number of benzene rings is 1. The van der Waals surface area contributed by atoms with Gasteiger partial charge in [0.05, 0.1) is 30.2 Å². The van der Waals surface area contributed by atoms with Crippen molar-refractivity contribution in [2.75, 3.05) is 7.11 Å². The molecule has 11 heteroatoms. The molecule has 2 rings (SSSR count). The van der Waals surface area contributed by atoms with Gasteiger partial charge in [-0.05, 0) is 24.0 Å². The van der Waals surface area contributed by atoms with Crippen LogP contribution in [0.2, 0.25) is 0 Å². The second-order valence-electron chi connectivity index (χ2n) is 5.32. The van der Waals surface area contributed by atoms with Crippen molar-refractivity contribution < 1.29 is 24.0 Å². The first-order chi connectivity index (χ1) is 12.8. The lowest BCUT2D eigenvalue weighted by atomic mass is 10.2. The fourth-order valence-electron chi connectivity index (χ4n) is 2.14. The summed E-state index contributed by atoms with van der Waals surface area (Å²) >= 11 is 0. The van der Waals surface area contributed by atoms with Crippen molar-refractivity contribution in [3.05, 3.63) is 45.6 Å². The molecule has 0 atom stereocenters. The highest BCUT2D eigenvalue weighted by Crippen LogP contribution is 2.30. The van der Waals surface area contributed by atoms with E-state index in [0.29, 0.717) is 17.0 Å². The van der Waals surface area contributed by atoms with E-state index in [4.69, 9.17) is 9.47 Å². The molecule has 1 aromatic carbocycles. The van der Waals surface area contributed by atoms with E-state index in [0.717, 1.165) is 0 Å². The molecule has 1 N–H and O–H groups in total. The zero-order valence-corrected chi connectivity index (χ0v) is 14.8. The second kappa shape index (κ2) is 8.56. The van der Waals surface area contributed by atoms with Crippen molar-refractivity contribution in [2.24, 2.45) is 5.10 Å². The molecule has 0 unspecified atom stereocenters. The minimum Gasteiger partial charge on any atom is -0.493 e. The first-order valence-electron chi connectivity index (χ1n) is 7.68. The number of nitro groups is 1. The third-order valence-corrected chi connectivity index (χ3v) is 3.32. The number of hydrazone groups is 1. The highest BCUT2D eigenvalue weighted by Gasteiger charge is 2.17. The van der Waals surface area contributed by atoms with Crippen LogP contribution < -0.4 is 14.9 Å². The van der Waals surface area contributed by atoms with E-state index in [1.54, 1.807) is 25.1 Å². The molecule has 1 aromatic heterocycles. The third kappa shape index (κ3) is 5.11. The van der Waals surface area contributed by atoms with Crippen LogP contribution in [0.15, 0.2) is 29.4 Å². The highest BCUT2D eigenvalue weighted by atomic mass is 16.6. The van der Waals surface area contributed by atoms with E-state index in [2.05, 4.69) is 15.6 Å². The molecule has 0 saturated carbocycles. The lowest BCUT2D eigenvalue weighted by molar-refractivity contribution is -0.389. The lowest BCUT2D eigenvalue weighted by Gasteiger charge is -2.10. The van der Waals surface area contributed by atoms with E-state index in [1.807, 2.05) is 0 Å². The largest absolute Gasteiger partial charge is 0.493 e. The molecule has 2 aromatic rings. The van der Waals surface area contributed by atoms with Gasteiger partial charge in [-0.15, -0.1) is 0 Å². The molecule has 0 fully saturated rings. The van der Waals surface area contributed by atoms with E-state index in [-0.39, 0.29) is 18.1 Å². The number of esters is 1. The standard InChI is InChI=1S/C16H17N5O6/c1-10-7-14(21(24)25)19-20(10)9-15(23)18-17-8-12-5-4-6-13(26-3)16(12)27-11(2)22/h4-8H,9H2,1-3H3,(H,18,23)/b17-8+. The molecule has 142 valence electrons. The number of ether oxygens (including phenoxy) is 2. The monoisotopic (exact) mass is 375 g/mol. The molecule has 0 bridgehead atoms. The minimum absolute atomic E-state index is 0.170. The molecule has 0 radical (unpaired) electrons. The van der Waals surface area contributed by atoms with Crippen LogP contribution in [0.3, 0.4) is 0 Å². The van der Waals surface area contributed by atoms with E-state index in [9.17, 15) is 19.7 Å². The zero-order valence-electron chi connectivity index (χ0n) is 14.8. The van der Waals surface area contributed by atoms with Gasteiger partial charge in [0.2, 0.25) is 0 Å². The van der Waals surface area contributed by atoms with Crippen LogP contribution in [0.5, 0.6) is 11.5 Å². The Kier molecular flexibility index (Phi) is 6.20. The summed E-state index contributed by atoms with van der Waals surface area (Å²) in [4.78, 5) is 33.3. The Morgan fingerprint density at radius 2 is 2.19 bits per heavy atom. The van der Waals surface area contributed by atoms with Gasteiger partial charge in [0.1, 0.15) is 6.54 Å². The second-order valence-corrected chi connectivity index (χ2v) is 5.32. The SMILES string of the molecule is COc1cccc(/C=N/NC(=O)Cn2nc([N+](=O)[O-])cc2C)c1OC(C)=O. The van der Waals surface area contributed by atoms with E-state index >= 15 is 0 Å². The number of aromatic nitrogens is 2. The fraction of sp³-hybridized carbons (Fsp3) is 0.250. The maximum absolute atomic E-state index is 12.0. The van der Waals surface area contributed by atoms with Crippen LogP contribution in [0, 0.1) is 17.0 Å². The van der Waals surface area contributed by atoms with Gasteiger partial charge in [0.25, 0.3) is 5.91 Å². The quantitative estimate of drug-likeness (QED) is 0.252. The molecular weight excluding hydrogens is 358 g/mol. The smallest absolute Gasteiger partial charge is 0.390 e. The summed E-state index contributed by atoms with van der Waals surface area (Å²) in [6.45, 7) is 2.60. The average Bonchev–Trinajstić information content (AvgIpc) is 2.96. The summed E-state index contributed by atoms with van der Waals surface area (Å²) in [5.74, 6) is -0.909. The van der Waals surface area contributed by atoms with Crippen LogP contribution >= 0.6 is 0 Å². The Balaban J connectivity index is 2.08. The summed E-state index contributed by atoms with van der Waals surface area (Å²) in [7, 11) is 1.43. The molecule has 0 aliphatic carbocycles. The number of rotatable bonds is 7. The number of aryl methyl sites for hydroxylation is 1. The van der Waals surface area contributed by atoms with E-state index in [1.165, 1.54) is 31.0 Å². The molecular formula is C16H17N5O6. The number of hydrogen-bond acceptors (Lipinski definition) is 8. The average molecular weight is 375 g/mol. The summed E-state index contributed by atoms with van der Waals surface area (Å²) in [5, 5.41) is 18.2. The number of carbonyl (C=O) groups excluding carboxylic acids is 2. The van der Waals surface area contributed by atoms with Crippen molar-refractivity contribution in [1.29, 1.82) is 0 Å². The van der Waals surface area contributed by atoms with Crippen LogP contribution in [0.25, 0.3) is 0 Å². The first kappa shape index (κ1) is 19.6. The molecule has 0 aliphatic heterocycles. The number of para-hydroxylation sites is 1. The van der Waals surface area contributed by atoms with Gasteiger partial charge in [-0.25, -0.2) is 5.43 Å². The summed E-state index contributed by atoms with van der Waals surface area (Å²) in [6, 6.07) is 6.17. The van der Waals surface area contributed by atoms with Crippen LogP contribution in [-0.4, -0.2) is 39.9 Å². The Morgan fingerprint density at radius 1 is 1.44 bits per heavy atom. The Hall–Kier alpha value is -3.76. The number of hydrogen-bond donors (Lipinski definition) is 1. The van der Waals surface area contributed by atoms with Crippen LogP contribution in [0.4, 0.5) is 5.82 Å². The number of nitrogens with one attached hydrogen (secondary N) is 1. The van der Waals surface area contributed by atoms with Gasteiger partial charge in [-0.3, -0.25) is 9.59 Å². The van der Waals surface area contributed by atoms with Gasteiger partial charge < -0.3 is 19.6 Å². The molecule has 1 heterocycles. The van der Waals surface area contributed by atoms with Crippen molar-refractivity contribution >= 4 is 23.9 Å². The van der Waals surface area contributed by atoms with Gasteiger partial charge in [0, 0.05) is 12.5 Å². The van der Waals surface area contributed by atoms with Crippen LogP contribution in [-0.2, 0) is 16.1 Å². The van der Waals surface area contributed by atoms with Crippen molar-refractivity contribution in [1.82, 2.24) is 15.2 Å². The first-order valence-corrected chi connectivity index (χ1v) is 7.68. The Bertz CT molecular complexity index is 905. The van der Waals surface area contributed by atoms with Crippen molar-refractivity contribution in [2.45, 2.75) is 20.4 Å². The topological polar surface area (TPSA) is 138 Å². The van der Waals surface area contributed by atoms with Gasteiger partial charge in [-0.2, -0.15) is 9.78 Å². The summed E-state index contributed by atoms with van der Waals surface area (Å²) in [6.07, 6.45) is 1.29. The van der Waals surface area contributed by atoms with Gasteiger partial charge in [-0.1, -0.05) is 6.07 Å². The van der Waals surface area contributed by atoms with E-state index < -0.39 is 16.8 Å². The lowest BCUT2D eigenvalue weighted by Crippen LogP contribution is -2.24. The molecule has 0 aliphatic rings. The normalized spacial score (nSPS) is 10.6. The predicted octanol–water partition coefficient (Wildman–Crippen LogP) is 1.18. The van der Waals surface area contributed by atoms with Crippen molar-refractivity contribution in [3.8, 4) is 11.5 Å². The minimum atomic E-state index is -0.640. The molecule has 27 heavy (non-hydrogen) atoms. The van der Waals surface area contributed by atoms with Gasteiger partial charge >= 0.3 is 11.8 Å². The van der Waals surface area contributed by atoms with Crippen molar-refractivity contribution in [3.63, 3.8) is 0 Å². The predicted molar refractivity (Wildman–Crippen MR) is 93.7 cm³/mol. The number of methoxy groups -OCH3 is 1. The zero-order chi connectivity index (χ0) is 20.0. The third-order valence-electron chi connectivity index (χ3n) is 3.32. The fourth-order valence-corrected chi connectivity index (χ4v) is 2.14.